The normalized spacial score (nSPS) is 22.5. The van der Waals surface area contributed by atoms with E-state index < -0.39 is 60.2 Å². The Labute approximate surface area is 459 Å². The highest BCUT2D eigenvalue weighted by atomic mass is 32.2. The fourth-order valence-electron chi connectivity index (χ4n) is 10.6. The summed E-state index contributed by atoms with van der Waals surface area (Å²) in [5.74, 6) is 5.11. The van der Waals surface area contributed by atoms with Crippen LogP contribution in [0.4, 0.5) is 21.2 Å². The monoisotopic (exact) mass is 1130 g/mol. The number of hydrogen-bond acceptors (Lipinski definition) is 17. The molecule has 0 aliphatic heterocycles. The van der Waals surface area contributed by atoms with Gasteiger partial charge in [0.25, 0.3) is 20.0 Å². The zero-order valence-electron chi connectivity index (χ0n) is 45.7. The Morgan fingerprint density at radius 1 is 0.570 bits per heavy atom. The van der Waals surface area contributed by atoms with Gasteiger partial charge in [0.2, 0.25) is 5.91 Å². The highest BCUT2D eigenvalue weighted by molar-refractivity contribution is 7.90. The van der Waals surface area contributed by atoms with Crippen molar-refractivity contribution in [3.63, 3.8) is 0 Å². The molecule has 0 saturated heterocycles. The molecule has 0 unspecified atom stereocenters. The molecule has 6 fully saturated rings. The molecule has 25 heteroatoms. The van der Waals surface area contributed by atoms with Crippen molar-refractivity contribution in [3.05, 3.63) is 96.6 Å². The van der Waals surface area contributed by atoms with Crippen molar-refractivity contribution < 1.29 is 50.6 Å². The highest BCUT2D eigenvalue weighted by Crippen LogP contribution is 2.53. The number of carboxylic acids is 1. The van der Waals surface area contributed by atoms with Crippen molar-refractivity contribution in [2.75, 3.05) is 10.9 Å². The zero-order chi connectivity index (χ0) is 57.4. The van der Waals surface area contributed by atoms with Crippen molar-refractivity contribution in [1.82, 2.24) is 43.9 Å². The first-order valence-corrected chi connectivity index (χ1v) is 29.0. The Hall–Kier alpha value is -7.38. The fraction of sp³-hybridized carbons (Fsp3) is 0.481. The number of fused-ring (bicyclic) bond motifs is 8. The number of amides is 3. The Kier molecular flexibility index (Phi) is 15.9. The van der Waals surface area contributed by atoms with E-state index in [1.807, 2.05) is 55.4 Å². The molecule has 8 N–H and O–H groups in total. The van der Waals surface area contributed by atoms with Crippen LogP contribution in [0, 0.1) is 24.7 Å². The lowest BCUT2D eigenvalue weighted by Crippen LogP contribution is -2.60. The van der Waals surface area contributed by atoms with Crippen LogP contribution in [0.3, 0.4) is 0 Å². The summed E-state index contributed by atoms with van der Waals surface area (Å²) >= 11 is 0. The van der Waals surface area contributed by atoms with Crippen molar-refractivity contribution in [1.29, 1.82) is 0 Å². The summed E-state index contributed by atoms with van der Waals surface area (Å²) in [7, 11) is -7.53. The van der Waals surface area contributed by atoms with Gasteiger partial charge < -0.3 is 30.6 Å². The summed E-state index contributed by atoms with van der Waals surface area (Å²) in [4.78, 5) is 66.1. The summed E-state index contributed by atoms with van der Waals surface area (Å²) < 4.78 is 64.4. The zero-order valence-corrected chi connectivity index (χ0v) is 47.3. The minimum Gasteiger partial charge on any atom is -0.481 e. The summed E-state index contributed by atoms with van der Waals surface area (Å²) in [6.45, 7) is 14.8. The van der Waals surface area contributed by atoms with Crippen molar-refractivity contribution in [2.45, 2.75) is 165 Å². The first-order valence-electron chi connectivity index (χ1n) is 26.1. The van der Waals surface area contributed by atoms with E-state index in [1.165, 1.54) is 24.8 Å². The quantitative estimate of drug-likeness (QED) is 0.0477. The summed E-state index contributed by atoms with van der Waals surface area (Å²) in [6, 6.07) is 16.4. The molecule has 6 saturated carbocycles. The smallest absolute Gasteiger partial charge is 0.408 e. The minimum atomic E-state index is -3.83. The van der Waals surface area contributed by atoms with E-state index in [0.29, 0.717) is 80.5 Å². The lowest BCUT2D eigenvalue weighted by molar-refractivity contribution is -0.156. The van der Waals surface area contributed by atoms with Crippen LogP contribution < -0.4 is 32.8 Å². The van der Waals surface area contributed by atoms with Gasteiger partial charge in [-0.15, -0.1) is 0 Å². The van der Waals surface area contributed by atoms with Crippen molar-refractivity contribution in [3.8, 4) is 0 Å². The second-order valence-electron chi connectivity index (χ2n) is 23.2. The molecule has 0 spiro atoms. The maximum atomic E-state index is 13.2. The predicted octanol–water partition coefficient (Wildman–Crippen LogP) is 7.99. The molecule has 6 aliphatic rings. The molecule has 0 atom stereocenters. The number of aliphatic carboxylic acids is 1. The maximum Gasteiger partial charge on any atom is 0.408 e. The number of ether oxygens (including phenoxy) is 2. The number of carboxylic acid groups (broad SMARTS) is 1. The largest absolute Gasteiger partial charge is 0.481 e. The number of alkyl carbamates (subject to hydrolysis) is 2. The number of hydrazine groups is 2. The third-order valence-corrected chi connectivity index (χ3v) is 18.6. The van der Waals surface area contributed by atoms with Gasteiger partial charge in [0, 0.05) is 23.5 Å². The molecule has 6 aliphatic carbocycles. The number of carbonyl (C=O) groups excluding carboxylic acids is 3. The van der Waals surface area contributed by atoms with E-state index in [4.69, 9.17) is 15.3 Å². The van der Waals surface area contributed by atoms with E-state index in [0.717, 1.165) is 38.3 Å². The molecule has 12 rings (SSSR count). The molecule has 0 radical (unpaired) electrons. The molecule has 2 aromatic carbocycles. The molecular weight excluding hydrogens is 1060 g/mol. The number of nitrogens with one attached hydrogen (secondary N) is 5. The van der Waals surface area contributed by atoms with Gasteiger partial charge in [-0.05, 0) is 169 Å². The van der Waals surface area contributed by atoms with Crippen LogP contribution in [0.1, 0.15) is 130 Å². The fourth-order valence-corrected chi connectivity index (χ4v) is 13.2. The molecule has 4 aromatic heterocycles. The number of aromatic nitrogens is 6. The molecule has 4 heterocycles. The van der Waals surface area contributed by atoms with Gasteiger partial charge in [-0.3, -0.25) is 20.4 Å². The lowest BCUT2D eigenvalue weighted by atomic mass is 9.57. The molecule has 4 bridgehead atoms. The van der Waals surface area contributed by atoms with E-state index in [9.17, 15) is 41.1 Å². The number of nitrogen functional groups attached to an aromatic ring is 1. The molecule has 3 amide bonds. The molecule has 6 aromatic rings. The van der Waals surface area contributed by atoms with Gasteiger partial charge >= 0.3 is 18.2 Å². The average molecular weight is 1130 g/mol. The van der Waals surface area contributed by atoms with E-state index in [2.05, 4.69) is 46.8 Å². The van der Waals surface area contributed by atoms with Gasteiger partial charge in [0.15, 0.2) is 22.9 Å². The first-order chi connectivity index (χ1) is 37.0. The third kappa shape index (κ3) is 12.7. The Balaban J connectivity index is 0.000000172. The second kappa shape index (κ2) is 21.7. The molecule has 23 nitrogen and oxygen atoms in total. The number of aryl methyl sites for hydroxylation is 2. The van der Waals surface area contributed by atoms with Gasteiger partial charge in [0.1, 0.15) is 22.2 Å². The first kappa shape index (κ1) is 57.8. The Morgan fingerprint density at radius 3 is 1.30 bits per heavy atom. The van der Waals surface area contributed by atoms with E-state index in [1.54, 1.807) is 60.7 Å². The highest BCUT2D eigenvalue weighted by Gasteiger charge is 2.54. The standard InChI is InChI=1S/C27H34N6O5S.C14H23NO4.C13H13N5O2S/c1-18-5-7-19(8-6-18)39(36,37)33-16-9-20-22(33)28-17-21(29-20)31-32-23(34)26-10-13-27(14-11-26,15-12-26)30-24(35)38-25(2,3)4;1-12(2,3)19-11(18)15-14-7-4-13(5-8-14,6-9-14)10(16)17;1-9-2-4-10(5-3-9)21(19,20)18-7-6-11-13(18)15-8-12(16-11)17-14/h5-9,16-17H,10-15H2,1-4H3,(H,29,31)(H,30,35)(H,32,34);4-9H2,1-3H3,(H,15,18)(H,16,17);2-8H,14H2,1H3,(H,16,17). The maximum absolute atomic E-state index is 13.2. The van der Waals surface area contributed by atoms with Crippen LogP contribution in [0.15, 0.2) is 95.2 Å². The Bertz CT molecular complexity index is 3450. The SMILES string of the molecule is CC(C)(C)OC(=O)NC12CCC(C(=O)O)(CC1)CC2.Cc1ccc(S(=O)(=O)n2ccc3nc(NN)cnc32)cc1.Cc1ccc(S(=O)(=O)n2ccc3nc(NNC(=O)C45CCC(NC(=O)OC(C)(C)C)(CC4)CC5)cnc32)cc1. The van der Waals surface area contributed by atoms with Gasteiger partial charge in [-0.25, -0.2) is 60.1 Å². The van der Waals surface area contributed by atoms with E-state index in [-0.39, 0.29) is 38.1 Å². The van der Waals surface area contributed by atoms with Gasteiger partial charge in [0.05, 0.1) is 33.0 Å². The van der Waals surface area contributed by atoms with Gasteiger partial charge in [-0.2, -0.15) is 0 Å². The third-order valence-electron chi connectivity index (χ3n) is 15.3. The molecule has 424 valence electrons. The number of hydrogen-bond donors (Lipinski definition) is 7. The van der Waals surface area contributed by atoms with Crippen LogP contribution >= 0.6 is 0 Å². The second-order valence-corrected chi connectivity index (χ2v) is 26.8. The average Bonchev–Trinajstić information content (AvgIpc) is 4.04. The van der Waals surface area contributed by atoms with Gasteiger partial charge in [-0.1, -0.05) is 35.4 Å². The van der Waals surface area contributed by atoms with Crippen LogP contribution in [0.25, 0.3) is 22.3 Å². The van der Waals surface area contributed by atoms with E-state index >= 15 is 0 Å². The number of nitrogens with zero attached hydrogens (tertiary/aromatic N) is 6. The van der Waals surface area contributed by atoms with Crippen molar-refractivity contribution >= 4 is 78.1 Å². The summed E-state index contributed by atoms with van der Waals surface area (Å²) in [5.41, 5.74) is 8.49. The molecule has 79 heavy (non-hydrogen) atoms. The number of benzene rings is 2. The van der Waals surface area contributed by atoms with Crippen LogP contribution in [0.2, 0.25) is 0 Å². The topological polar surface area (TPSA) is 323 Å². The Morgan fingerprint density at radius 2 is 0.937 bits per heavy atom. The summed E-state index contributed by atoms with van der Waals surface area (Å²) in [6.07, 6.45) is 13.0. The minimum absolute atomic E-state index is 0.130. The van der Waals surface area contributed by atoms with Crippen molar-refractivity contribution in [2.24, 2.45) is 16.7 Å². The number of carbonyl (C=O) groups is 4. The number of anilines is 2. The number of rotatable bonds is 11. The number of nitrogens with two attached hydrogens (primary N) is 1. The van der Waals surface area contributed by atoms with Crippen LogP contribution in [-0.4, -0.2) is 96.2 Å². The predicted molar refractivity (Wildman–Crippen MR) is 294 cm³/mol. The molecular formula is C54H70N12O11S2. The van der Waals surface area contributed by atoms with Crippen LogP contribution in [-0.2, 0) is 39.1 Å². The lowest BCUT2D eigenvalue weighted by Gasteiger charge is -2.52. The summed E-state index contributed by atoms with van der Waals surface area (Å²) in [5, 5.41) is 15.4. The van der Waals surface area contributed by atoms with Crippen LogP contribution in [0.5, 0.6) is 0 Å².